The second kappa shape index (κ2) is 7.23. The summed E-state index contributed by atoms with van der Waals surface area (Å²) in [6.45, 7) is -0.103. The molecule has 9 heteroatoms. The van der Waals surface area contributed by atoms with Crippen LogP contribution in [-0.4, -0.2) is 60.2 Å². The van der Waals surface area contributed by atoms with Crippen LogP contribution in [0.4, 0.5) is 5.69 Å². The number of ether oxygens (including phenoxy) is 2. The minimum Gasteiger partial charge on any atom is -0.493 e. The van der Waals surface area contributed by atoms with Gasteiger partial charge in [0.25, 0.3) is 0 Å². The predicted octanol–water partition coefficient (Wildman–Crippen LogP) is 0.873. The molecule has 0 aromatic heterocycles. The minimum absolute atomic E-state index is 0.0502. The zero-order valence-electron chi connectivity index (χ0n) is 12.6. The van der Waals surface area contributed by atoms with Gasteiger partial charge in [0.15, 0.2) is 11.5 Å². The first kappa shape index (κ1) is 16.9. The zero-order valence-corrected chi connectivity index (χ0v) is 13.4. The highest BCUT2D eigenvalue weighted by atomic mass is 32.2. The molecule has 0 spiro atoms. The van der Waals surface area contributed by atoms with E-state index in [0.29, 0.717) is 11.6 Å². The van der Waals surface area contributed by atoms with Crippen molar-refractivity contribution in [2.24, 2.45) is 0 Å². The van der Waals surface area contributed by atoms with E-state index < -0.39 is 11.9 Å². The number of rotatable bonds is 6. The normalized spacial score (nSPS) is 13.8. The summed E-state index contributed by atoms with van der Waals surface area (Å²) >= 11 is 1.43. The number of aromatic carboxylic acids is 1. The van der Waals surface area contributed by atoms with Crippen LogP contribution in [0.5, 0.6) is 11.5 Å². The third-order valence-corrected chi connectivity index (χ3v) is 4.11. The fourth-order valence-corrected chi connectivity index (χ4v) is 2.99. The summed E-state index contributed by atoms with van der Waals surface area (Å²) < 4.78 is 10.3. The van der Waals surface area contributed by atoms with Crippen LogP contribution in [0.25, 0.3) is 0 Å². The molecule has 2 N–H and O–H groups in total. The first-order valence-corrected chi connectivity index (χ1v) is 7.76. The molecule has 1 aliphatic heterocycles. The highest BCUT2D eigenvalue weighted by Crippen LogP contribution is 2.36. The summed E-state index contributed by atoms with van der Waals surface area (Å²) in [7, 11) is 2.75. The number of carboxylic acids is 1. The van der Waals surface area contributed by atoms with Gasteiger partial charge in [-0.15, -0.1) is 11.8 Å². The van der Waals surface area contributed by atoms with Crippen molar-refractivity contribution in [2.45, 2.75) is 0 Å². The SMILES string of the molecule is COc1cc(C(=O)O)cc(NC(=O)CN2CSCC2=O)c1OC. The van der Waals surface area contributed by atoms with Crippen molar-refractivity contribution in [2.75, 3.05) is 37.7 Å². The van der Waals surface area contributed by atoms with Crippen LogP contribution in [0.2, 0.25) is 0 Å². The van der Waals surface area contributed by atoms with Gasteiger partial charge in [-0.05, 0) is 12.1 Å². The van der Waals surface area contributed by atoms with Crippen molar-refractivity contribution < 1.29 is 29.0 Å². The molecule has 8 nitrogen and oxygen atoms in total. The average molecular weight is 340 g/mol. The van der Waals surface area contributed by atoms with Crippen LogP contribution in [-0.2, 0) is 9.59 Å². The first-order valence-electron chi connectivity index (χ1n) is 6.61. The highest BCUT2D eigenvalue weighted by molar-refractivity contribution is 8.00. The second-order valence-electron chi connectivity index (χ2n) is 4.68. The maximum Gasteiger partial charge on any atom is 0.335 e. The molecule has 1 aromatic carbocycles. The van der Waals surface area contributed by atoms with E-state index in [0.717, 1.165) is 0 Å². The Morgan fingerprint density at radius 1 is 1.35 bits per heavy atom. The Kier molecular flexibility index (Phi) is 5.32. The lowest BCUT2D eigenvalue weighted by molar-refractivity contribution is -0.130. The van der Waals surface area contributed by atoms with E-state index in [2.05, 4.69) is 5.32 Å². The molecule has 1 fully saturated rings. The van der Waals surface area contributed by atoms with Gasteiger partial charge in [-0.2, -0.15) is 0 Å². The van der Waals surface area contributed by atoms with Gasteiger partial charge in [-0.25, -0.2) is 4.79 Å². The highest BCUT2D eigenvalue weighted by Gasteiger charge is 2.24. The van der Waals surface area contributed by atoms with Crippen LogP contribution in [0.15, 0.2) is 12.1 Å². The smallest absolute Gasteiger partial charge is 0.335 e. The standard InChI is InChI=1S/C14H16N2O6S/c1-21-10-4-8(14(19)20)3-9(13(10)22-2)15-11(17)5-16-7-23-6-12(16)18/h3-4H,5-7H2,1-2H3,(H,15,17)(H,19,20). The van der Waals surface area contributed by atoms with E-state index in [1.165, 1.54) is 43.0 Å². The van der Waals surface area contributed by atoms with Crippen molar-refractivity contribution in [3.8, 4) is 11.5 Å². The summed E-state index contributed by atoms with van der Waals surface area (Å²) in [6.07, 6.45) is 0. The van der Waals surface area contributed by atoms with Gasteiger partial charge < -0.3 is 24.8 Å². The Bertz CT molecular complexity index is 648. The van der Waals surface area contributed by atoms with Crippen LogP contribution >= 0.6 is 11.8 Å². The van der Waals surface area contributed by atoms with E-state index in [4.69, 9.17) is 14.6 Å². The molecule has 2 rings (SSSR count). The molecular formula is C14H16N2O6S. The number of thioether (sulfide) groups is 1. The lowest BCUT2D eigenvalue weighted by Crippen LogP contribution is -2.34. The number of carbonyl (C=O) groups is 3. The van der Waals surface area contributed by atoms with Gasteiger partial charge in [0.05, 0.1) is 37.1 Å². The van der Waals surface area contributed by atoms with Crippen molar-refractivity contribution in [3.63, 3.8) is 0 Å². The number of hydrogen-bond donors (Lipinski definition) is 2. The fourth-order valence-electron chi connectivity index (χ4n) is 2.08. The summed E-state index contributed by atoms with van der Waals surface area (Å²) in [4.78, 5) is 36.2. The molecule has 0 aliphatic carbocycles. The fraction of sp³-hybridized carbons (Fsp3) is 0.357. The van der Waals surface area contributed by atoms with Gasteiger partial charge in [-0.3, -0.25) is 9.59 Å². The maximum atomic E-state index is 12.1. The number of amides is 2. The van der Waals surface area contributed by atoms with Crippen molar-refractivity contribution in [3.05, 3.63) is 17.7 Å². The topological polar surface area (TPSA) is 105 Å². The number of nitrogens with zero attached hydrogens (tertiary/aromatic N) is 1. The van der Waals surface area contributed by atoms with E-state index in [9.17, 15) is 14.4 Å². The first-order chi connectivity index (χ1) is 11.0. The molecule has 0 saturated carbocycles. The Morgan fingerprint density at radius 2 is 2.09 bits per heavy atom. The Balaban J connectivity index is 2.23. The quantitative estimate of drug-likeness (QED) is 0.791. The largest absolute Gasteiger partial charge is 0.493 e. The van der Waals surface area contributed by atoms with Gasteiger partial charge >= 0.3 is 5.97 Å². The minimum atomic E-state index is -1.16. The molecule has 124 valence electrons. The number of carboxylic acid groups (broad SMARTS) is 1. The van der Waals surface area contributed by atoms with E-state index >= 15 is 0 Å². The van der Waals surface area contributed by atoms with Crippen LogP contribution in [0, 0.1) is 0 Å². The van der Waals surface area contributed by atoms with Gasteiger partial charge in [0, 0.05) is 0 Å². The van der Waals surface area contributed by atoms with Gasteiger partial charge in [0.1, 0.15) is 6.54 Å². The summed E-state index contributed by atoms with van der Waals surface area (Å²) in [5, 5.41) is 11.7. The Morgan fingerprint density at radius 3 is 2.61 bits per heavy atom. The van der Waals surface area contributed by atoms with Crippen molar-refractivity contribution in [1.29, 1.82) is 0 Å². The lowest BCUT2D eigenvalue weighted by Gasteiger charge is -2.17. The van der Waals surface area contributed by atoms with Crippen LogP contribution in [0.1, 0.15) is 10.4 Å². The van der Waals surface area contributed by atoms with E-state index in [1.54, 1.807) is 0 Å². The number of methoxy groups -OCH3 is 2. The van der Waals surface area contributed by atoms with E-state index in [1.807, 2.05) is 0 Å². The molecule has 1 aliphatic rings. The van der Waals surface area contributed by atoms with Gasteiger partial charge in [-0.1, -0.05) is 0 Å². The molecule has 23 heavy (non-hydrogen) atoms. The zero-order chi connectivity index (χ0) is 17.0. The Hall–Kier alpha value is -2.42. The molecule has 1 saturated heterocycles. The Labute approximate surface area is 136 Å². The maximum absolute atomic E-state index is 12.1. The number of benzene rings is 1. The van der Waals surface area contributed by atoms with Crippen LogP contribution < -0.4 is 14.8 Å². The number of anilines is 1. The monoisotopic (exact) mass is 340 g/mol. The molecule has 1 heterocycles. The molecule has 0 radical (unpaired) electrons. The van der Waals surface area contributed by atoms with Crippen LogP contribution in [0.3, 0.4) is 0 Å². The lowest BCUT2D eigenvalue weighted by atomic mass is 10.1. The summed E-state index contributed by atoms with van der Waals surface area (Å²) in [6, 6.07) is 2.58. The molecule has 1 aromatic rings. The predicted molar refractivity (Wildman–Crippen MR) is 84.2 cm³/mol. The third-order valence-electron chi connectivity index (χ3n) is 3.16. The average Bonchev–Trinajstić information content (AvgIpc) is 2.91. The van der Waals surface area contributed by atoms with E-state index in [-0.39, 0.29) is 35.2 Å². The van der Waals surface area contributed by atoms with Crippen molar-refractivity contribution >= 4 is 35.2 Å². The summed E-state index contributed by atoms with van der Waals surface area (Å²) in [5.74, 6) is -0.477. The second-order valence-corrected chi connectivity index (χ2v) is 5.64. The number of hydrogen-bond acceptors (Lipinski definition) is 6. The summed E-state index contributed by atoms with van der Waals surface area (Å²) in [5.41, 5.74) is 0.124. The molecule has 2 amide bonds. The third kappa shape index (κ3) is 3.86. The molecule has 0 bridgehead atoms. The van der Waals surface area contributed by atoms with Crippen molar-refractivity contribution in [1.82, 2.24) is 4.90 Å². The molecule has 0 atom stereocenters. The molecular weight excluding hydrogens is 324 g/mol. The number of nitrogens with one attached hydrogen (secondary N) is 1. The molecule has 0 unspecified atom stereocenters. The number of carbonyl (C=O) groups excluding carboxylic acids is 2. The van der Waals surface area contributed by atoms with Gasteiger partial charge in [0.2, 0.25) is 11.8 Å².